The molecule has 0 heterocycles. The Hall–Kier alpha value is -3.14. The third-order valence-electron chi connectivity index (χ3n) is 4.59. The third-order valence-corrected chi connectivity index (χ3v) is 4.59. The SMILES string of the molecule is Cc1cc(C)cc(Nc2ccc(-c3c(C)c(O)c(C)c(O)c3O)cc2)c1. The first-order valence-corrected chi connectivity index (χ1v) is 8.47. The van der Waals surface area contributed by atoms with Crippen molar-refractivity contribution < 1.29 is 15.3 Å². The van der Waals surface area contributed by atoms with Gasteiger partial charge in [-0.2, -0.15) is 0 Å². The van der Waals surface area contributed by atoms with Crippen LogP contribution in [0.3, 0.4) is 0 Å². The molecule has 3 aromatic carbocycles. The second kappa shape index (κ2) is 6.64. The minimum absolute atomic E-state index is 0.00672. The van der Waals surface area contributed by atoms with Crippen molar-refractivity contribution >= 4 is 11.4 Å². The first-order chi connectivity index (χ1) is 12.3. The lowest BCUT2D eigenvalue weighted by atomic mass is 9.95. The molecule has 0 amide bonds. The highest BCUT2D eigenvalue weighted by Crippen LogP contribution is 2.46. The molecule has 4 heteroatoms. The molecule has 0 atom stereocenters. The summed E-state index contributed by atoms with van der Waals surface area (Å²) in [4.78, 5) is 0. The van der Waals surface area contributed by atoms with Gasteiger partial charge in [-0.15, -0.1) is 0 Å². The molecule has 0 aliphatic rings. The van der Waals surface area contributed by atoms with E-state index in [2.05, 4.69) is 37.4 Å². The van der Waals surface area contributed by atoms with E-state index in [1.54, 1.807) is 13.8 Å². The lowest BCUT2D eigenvalue weighted by Crippen LogP contribution is -1.93. The second-order valence-electron chi connectivity index (χ2n) is 6.75. The topological polar surface area (TPSA) is 72.7 Å². The predicted molar refractivity (Wildman–Crippen MR) is 106 cm³/mol. The van der Waals surface area contributed by atoms with Crippen molar-refractivity contribution in [3.05, 3.63) is 64.7 Å². The standard InChI is InChI=1S/C22H23NO3/c1-12-9-13(2)11-18(10-12)23-17-7-5-16(6-8-17)19-14(3)20(24)15(4)21(25)22(19)26/h5-11,23-26H,1-4H3. The molecule has 3 aromatic rings. The number of hydrogen-bond acceptors (Lipinski definition) is 4. The van der Waals surface area contributed by atoms with Crippen LogP contribution in [0, 0.1) is 27.7 Å². The number of rotatable bonds is 3. The van der Waals surface area contributed by atoms with Gasteiger partial charge in [0.2, 0.25) is 0 Å². The Balaban J connectivity index is 1.96. The minimum atomic E-state index is -0.291. The summed E-state index contributed by atoms with van der Waals surface area (Å²) in [6.07, 6.45) is 0. The normalized spacial score (nSPS) is 10.8. The lowest BCUT2D eigenvalue weighted by molar-refractivity contribution is 0.392. The van der Waals surface area contributed by atoms with E-state index in [1.807, 2.05) is 24.3 Å². The molecule has 0 spiro atoms. The van der Waals surface area contributed by atoms with Crippen molar-refractivity contribution in [2.45, 2.75) is 27.7 Å². The number of phenolic OH excluding ortho intramolecular Hbond substituents is 3. The van der Waals surface area contributed by atoms with Gasteiger partial charge in [-0.05, 0) is 68.7 Å². The molecule has 3 rings (SSSR count). The van der Waals surface area contributed by atoms with E-state index in [0.29, 0.717) is 11.1 Å². The Kier molecular flexibility index (Phi) is 4.51. The van der Waals surface area contributed by atoms with Crippen LogP contribution in [0.25, 0.3) is 11.1 Å². The Morgan fingerprint density at radius 3 is 1.77 bits per heavy atom. The van der Waals surface area contributed by atoms with E-state index < -0.39 is 0 Å². The number of hydrogen-bond donors (Lipinski definition) is 4. The molecule has 0 aromatic heterocycles. The fourth-order valence-corrected chi connectivity index (χ4v) is 3.27. The van der Waals surface area contributed by atoms with Gasteiger partial charge in [0.05, 0.1) is 0 Å². The van der Waals surface area contributed by atoms with Gasteiger partial charge < -0.3 is 20.6 Å². The van der Waals surface area contributed by atoms with Crippen molar-refractivity contribution in [1.29, 1.82) is 0 Å². The van der Waals surface area contributed by atoms with Crippen molar-refractivity contribution in [1.82, 2.24) is 0 Å². The van der Waals surface area contributed by atoms with Gasteiger partial charge in [0.25, 0.3) is 0 Å². The molecule has 0 bridgehead atoms. The monoisotopic (exact) mass is 349 g/mol. The van der Waals surface area contributed by atoms with E-state index in [4.69, 9.17) is 0 Å². The van der Waals surface area contributed by atoms with Crippen LogP contribution in [-0.4, -0.2) is 15.3 Å². The zero-order valence-electron chi connectivity index (χ0n) is 15.4. The number of aromatic hydroxyl groups is 3. The van der Waals surface area contributed by atoms with E-state index in [0.717, 1.165) is 16.9 Å². The van der Waals surface area contributed by atoms with Crippen LogP contribution in [0.4, 0.5) is 11.4 Å². The molecule has 0 fully saturated rings. The summed E-state index contributed by atoms with van der Waals surface area (Å²) in [7, 11) is 0. The molecule has 0 aliphatic heterocycles. The summed E-state index contributed by atoms with van der Waals surface area (Å²) in [5, 5.41) is 33.9. The van der Waals surface area contributed by atoms with E-state index in [1.165, 1.54) is 11.1 Å². The number of nitrogens with one attached hydrogen (secondary N) is 1. The highest BCUT2D eigenvalue weighted by atomic mass is 16.3. The molecule has 0 saturated carbocycles. The largest absolute Gasteiger partial charge is 0.507 e. The minimum Gasteiger partial charge on any atom is -0.507 e. The molecule has 0 unspecified atom stereocenters. The average Bonchev–Trinajstić information content (AvgIpc) is 2.59. The molecule has 134 valence electrons. The van der Waals surface area contributed by atoms with Crippen LogP contribution >= 0.6 is 0 Å². The smallest absolute Gasteiger partial charge is 0.166 e. The van der Waals surface area contributed by atoms with Crippen LogP contribution in [0.1, 0.15) is 22.3 Å². The van der Waals surface area contributed by atoms with Gasteiger partial charge in [0.15, 0.2) is 11.5 Å². The highest BCUT2D eigenvalue weighted by Gasteiger charge is 2.19. The highest BCUT2D eigenvalue weighted by molar-refractivity contribution is 5.81. The molecule has 0 saturated heterocycles. The van der Waals surface area contributed by atoms with Gasteiger partial charge in [-0.25, -0.2) is 0 Å². The van der Waals surface area contributed by atoms with Crippen LogP contribution in [-0.2, 0) is 0 Å². The van der Waals surface area contributed by atoms with Crippen LogP contribution in [0.15, 0.2) is 42.5 Å². The predicted octanol–water partition coefficient (Wildman–Crippen LogP) is 5.45. The van der Waals surface area contributed by atoms with Gasteiger partial charge in [-0.3, -0.25) is 0 Å². The molecular formula is C22H23NO3. The van der Waals surface area contributed by atoms with Crippen molar-refractivity contribution in [2.75, 3.05) is 5.32 Å². The van der Waals surface area contributed by atoms with Gasteiger partial charge in [0.1, 0.15) is 5.75 Å². The summed E-state index contributed by atoms with van der Waals surface area (Å²) >= 11 is 0. The molecule has 0 radical (unpaired) electrons. The van der Waals surface area contributed by atoms with Gasteiger partial charge in [0, 0.05) is 28.1 Å². The van der Waals surface area contributed by atoms with Crippen LogP contribution < -0.4 is 5.32 Å². The Morgan fingerprint density at radius 1 is 0.615 bits per heavy atom. The van der Waals surface area contributed by atoms with Crippen molar-refractivity contribution in [3.63, 3.8) is 0 Å². The van der Waals surface area contributed by atoms with Crippen molar-refractivity contribution in [2.24, 2.45) is 0 Å². The molecular weight excluding hydrogens is 326 g/mol. The summed E-state index contributed by atoms with van der Waals surface area (Å²) in [5.74, 6) is -0.513. The van der Waals surface area contributed by atoms with Crippen LogP contribution in [0.2, 0.25) is 0 Å². The molecule has 26 heavy (non-hydrogen) atoms. The molecule has 4 N–H and O–H groups in total. The van der Waals surface area contributed by atoms with Crippen molar-refractivity contribution in [3.8, 4) is 28.4 Å². The zero-order valence-corrected chi connectivity index (χ0v) is 15.4. The van der Waals surface area contributed by atoms with Gasteiger partial charge in [-0.1, -0.05) is 18.2 Å². The maximum Gasteiger partial charge on any atom is 0.166 e. The number of benzene rings is 3. The van der Waals surface area contributed by atoms with Gasteiger partial charge >= 0.3 is 0 Å². The van der Waals surface area contributed by atoms with Crippen LogP contribution in [0.5, 0.6) is 17.2 Å². The Morgan fingerprint density at radius 2 is 1.19 bits per heavy atom. The Bertz CT molecular complexity index is 926. The third kappa shape index (κ3) is 3.18. The number of aryl methyl sites for hydroxylation is 2. The summed E-state index contributed by atoms with van der Waals surface area (Å²) < 4.78 is 0. The second-order valence-corrected chi connectivity index (χ2v) is 6.75. The summed E-state index contributed by atoms with van der Waals surface area (Å²) in [6, 6.07) is 13.8. The van der Waals surface area contributed by atoms with E-state index >= 15 is 0 Å². The fourth-order valence-electron chi connectivity index (χ4n) is 3.27. The summed E-state index contributed by atoms with van der Waals surface area (Å²) in [5.41, 5.74) is 6.27. The first kappa shape index (κ1) is 17.7. The molecule has 4 nitrogen and oxygen atoms in total. The maximum atomic E-state index is 10.3. The first-order valence-electron chi connectivity index (χ1n) is 8.47. The summed E-state index contributed by atoms with van der Waals surface area (Å²) in [6.45, 7) is 7.41. The number of anilines is 2. The van der Waals surface area contributed by atoms with E-state index in [9.17, 15) is 15.3 Å². The maximum absolute atomic E-state index is 10.3. The van der Waals surface area contributed by atoms with E-state index in [-0.39, 0.29) is 22.8 Å². The fraction of sp³-hybridized carbons (Fsp3) is 0.182. The Labute approximate surface area is 153 Å². The number of phenols is 3. The lowest BCUT2D eigenvalue weighted by Gasteiger charge is -2.15. The zero-order chi connectivity index (χ0) is 19.0. The average molecular weight is 349 g/mol. The molecule has 0 aliphatic carbocycles. The quantitative estimate of drug-likeness (QED) is 0.375.